The summed E-state index contributed by atoms with van der Waals surface area (Å²) in [5, 5.41) is 10.8. The lowest BCUT2D eigenvalue weighted by Gasteiger charge is -2.33. The lowest BCUT2D eigenvalue weighted by molar-refractivity contribution is -0.132. The van der Waals surface area contributed by atoms with Crippen molar-refractivity contribution < 1.29 is 24.1 Å². The molecule has 0 amide bonds. The van der Waals surface area contributed by atoms with E-state index in [1.165, 1.54) is 7.11 Å². The Bertz CT molecular complexity index is 767. The highest BCUT2D eigenvalue weighted by Gasteiger charge is 2.62. The first kappa shape index (κ1) is 16.2. The molecule has 5 nitrogen and oxygen atoms in total. The van der Waals surface area contributed by atoms with E-state index in [1.54, 1.807) is 6.08 Å². The maximum absolute atomic E-state index is 13.2. The van der Waals surface area contributed by atoms with Crippen molar-refractivity contribution in [2.75, 3.05) is 13.9 Å². The number of benzene rings is 1. The third-order valence-electron chi connectivity index (χ3n) is 6.03. The fourth-order valence-corrected chi connectivity index (χ4v) is 4.77. The molecule has 25 heavy (non-hydrogen) atoms. The number of aliphatic hydroxyl groups excluding tert-OH is 1. The zero-order valence-corrected chi connectivity index (χ0v) is 14.4. The van der Waals surface area contributed by atoms with Gasteiger partial charge in [0, 0.05) is 5.92 Å². The van der Waals surface area contributed by atoms with Crippen molar-refractivity contribution in [1.29, 1.82) is 0 Å². The molecule has 1 aliphatic heterocycles. The Hall–Kier alpha value is -2.27. The number of aliphatic hydroxyl groups is 1. The van der Waals surface area contributed by atoms with Gasteiger partial charge in [-0.05, 0) is 36.1 Å². The summed E-state index contributed by atoms with van der Waals surface area (Å²) in [5.74, 6) is 1.28. The van der Waals surface area contributed by atoms with Crippen LogP contribution in [0.1, 0.15) is 24.8 Å². The largest absolute Gasteiger partial charge is 0.499 e. The van der Waals surface area contributed by atoms with Crippen molar-refractivity contribution >= 4 is 5.78 Å². The van der Waals surface area contributed by atoms with E-state index in [-0.39, 0.29) is 24.4 Å². The van der Waals surface area contributed by atoms with Crippen LogP contribution in [-0.4, -0.2) is 30.9 Å². The molecule has 2 aliphatic carbocycles. The molecular weight excluding hydrogens is 320 g/mol. The predicted molar refractivity (Wildman–Crippen MR) is 91.3 cm³/mol. The van der Waals surface area contributed by atoms with E-state index in [1.807, 2.05) is 24.3 Å². The van der Waals surface area contributed by atoms with E-state index in [2.05, 4.69) is 13.5 Å². The third-order valence-corrected chi connectivity index (χ3v) is 6.03. The van der Waals surface area contributed by atoms with Gasteiger partial charge in [0.05, 0.1) is 18.4 Å². The van der Waals surface area contributed by atoms with Crippen LogP contribution >= 0.6 is 0 Å². The van der Waals surface area contributed by atoms with Crippen molar-refractivity contribution in [3.05, 3.63) is 48.3 Å². The van der Waals surface area contributed by atoms with Crippen LogP contribution in [-0.2, 0) is 9.53 Å². The monoisotopic (exact) mass is 342 g/mol. The number of ether oxygens (including phenoxy) is 3. The number of Topliss-reactive ketones (excluding diaryl/α,β-unsaturated/α-hetero) is 1. The molecule has 3 aliphatic rings. The first-order chi connectivity index (χ1) is 12.0. The average molecular weight is 342 g/mol. The van der Waals surface area contributed by atoms with E-state index in [0.29, 0.717) is 23.7 Å². The second-order valence-electron chi connectivity index (χ2n) is 7.05. The summed E-state index contributed by atoms with van der Waals surface area (Å²) in [5.41, 5.74) is 0.295. The van der Waals surface area contributed by atoms with Crippen LogP contribution in [0.25, 0.3) is 0 Å². The van der Waals surface area contributed by atoms with E-state index in [0.717, 1.165) is 5.56 Å². The van der Waals surface area contributed by atoms with Gasteiger partial charge in [-0.1, -0.05) is 19.1 Å². The van der Waals surface area contributed by atoms with Gasteiger partial charge in [-0.25, -0.2) is 0 Å². The van der Waals surface area contributed by atoms with Crippen LogP contribution in [0.5, 0.6) is 11.5 Å². The number of ketones is 1. The zero-order valence-electron chi connectivity index (χ0n) is 14.4. The van der Waals surface area contributed by atoms with E-state index < -0.39 is 17.4 Å². The summed E-state index contributed by atoms with van der Waals surface area (Å²) in [7, 11) is 1.53. The number of hydrogen-bond donors (Lipinski definition) is 1. The first-order valence-electron chi connectivity index (χ1n) is 8.53. The molecule has 1 saturated carbocycles. The van der Waals surface area contributed by atoms with Gasteiger partial charge < -0.3 is 19.3 Å². The summed E-state index contributed by atoms with van der Waals surface area (Å²) in [6.07, 6.45) is 3.19. The van der Waals surface area contributed by atoms with Gasteiger partial charge in [0.2, 0.25) is 6.79 Å². The normalized spacial score (nSPS) is 35.5. The molecule has 1 aromatic carbocycles. The summed E-state index contributed by atoms with van der Waals surface area (Å²) in [4.78, 5) is 13.2. The summed E-state index contributed by atoms with van der Waals surface area (Å²) in [6, 6.07) is 5.76. The second-order valence-corrected chi connectivity index (χ2v) is 7.05. The van der Waals surface area contributed by atoms with Crippen molar-refractivity contribution in [3.8, 4) is 11.5 Å². The van der Waals surface area contributed by atoms with Gasteiger partial charge in [0.25, 0.3) is 0 Å². The second kappa shape index (κ2) is 5.63. The van der Waals surface area contributed by atoms with Crippen LogP contribution in [0.15, 0.2) is 42.7 Å². The van der Waals surface area contributed by atoms with Crippen LogP contribution in [0.3, 0.4) is 0 Å². The average Bonchev–Trinajstić information content (AvgIpc) is 3.13. The van der Waals surface area contributed by atoms with Gasteiger partial charge >= 0.3 is 0 Å². The summed E-state index contributed by atoms with van der Waals surface area (Å²) < 4.78 is 16.3. The lowest BCUT2D eigenvalue weighted by Crippen LogP contribution is -2.40. The molecule has 1 N–H and O–H groups in total. The van der Waals surface area contributed by atoms with Crippen molar-refractivity contribution in [2.24, 2.45) is 17.3 Å². The van der Waals surface area contributed by atoms with Gasteiger partial charge in [-0.15, -0.1) is 6.58 Å². The molecule has 4 rings (SSSR count). The van der Waals surface area contributed by atoms with Crippen molar-refractivity contribution in [2.45, 2.75) is 25.4 Å². The Balaban J connectivity index is 1.83. The molecule has 1 aromatic rings. The molecule has 0 aromatic heterocycles. The summed E-state index contributed by atoms with van der Waals surface area (Å²) >= 11 is 0. The number of hydrogen-bond acceptors (Lipinski definition) is 5. The number of rotatable bonds is 4. The van der Waals surface area contributed by atoms with E-state index >= 15 is 0 Å². The third kappa shape index (κ3) is 2.08. The molecule has 1 heterocycles. The summed E-state index contributed by atoms with van der Waals surface area (Å²) in [6.45, 7) is 6.10. The topological polar surface area (TPSA) is 65.0 Å². The number of methoxy groups -OCH3 is 1. The minimum absolute atomic E-state index is 0.00525. The zero-order chi connectivity index (χ0) is 17.8. The fourth-order valence-electron chi connectivity index (χ4n) is 4.77. The van der Waals surface area contributed by atoms with Crippen LogP contribution < -0.4 is 9.47 Å². The predicted octanol–water partition coefficient (Wildman–Crippen LogP) is 2.80. The standard InChI is InChI=1S/C20H22O5/c1-4-7-20-9-15(23-3)18(21)17(19(20)22)16(11(20)2)12-5-6-13-14(8-12)25-10-24-13/h4-6,8-9,11,16-18,21H,1,7,10H2,2-3H3/t11-,16+,17-,18+,20-/m1/s1. The Morgan fingerprint density at radius 3 is 2.84 bits per heavy atom. The molecule has 0 saturated heterocycles. The number of fused-ring (bicyclic) bond motifs is 3. The molecule has 5 heteroatoms. The van der Waals surface area contributed by atoms with Crippen molar-refractivity contribution in [1.82, 2.24) is 0 Å². The van der Waals surface area contributed by atoms with Gasteiger partial charge in [-0.2, -0.15) is 0 Å². The van der Waals surface area contributed by atoms with E-state index in [4.69, 9.17) is 14.2 Å². The maximum Gasteiger partial charge on any atom is 0.231 e. The van der Waals surface area contributed by atoms with Crippen LogP contribution in [0, 0.1) is 17.3 Å². The van der Waals surface area contributed by atoms with Gasteiger partial charge in [-0.3, -0.25) is 4.79 Å². The van der Waals surface area contributed by atoms with E-state index in [9.17, 15) is 9.90 Å². The molecular formula is C20H22O5. The Morgan fingerprint density at radius 2 is 2.12 bits per heavy atom. The highest BCUT2D eigenvalue weighted by atomic mass is 16.7. The molecule has 2 bridgehead atoms. The van der Waals surface area contributed by atoms with Gasteiger partial charge in [0.1, 0.15) is 17.6 Å². The highest BCUT2D eigenvalue weighted by molar-refractivity contribution is 5.95. The molecule has 5 atom stereocenters. The minimum atomic E-state index is -0.934. The number of allylic oxidation sites excluding steroid dienone is 2. The van der Waals surface area contributed by atoms with Crippen LogP contribution in [0.4, 0.5) is 0 Å². The first-order valence-corrected chi connectivity index (χ1v) is 8.53. The molecule has 0 spiro atoms. The molecule has 0 radical (unpaired) electrons. The Morgan fingerprint density at radius 1 is 1.36 bits per heavy atom. The quantitative estimate of drug-likeness (QED) is 0.853. The highest BCUT2D eigenvalue weighted by Crippen LogP contribution is 2.60. The number of carbonyl (C=O) groups is 1. The Labute approximate surface area is 146 Å². The molecule has 1 fully saturated rings. The van der Waals surface area contributed by atoms with Gasteiger partial charge in [0.15, 0.2) is 11.5 Å². The molecule has 0 unspecified atom stereocenters. The number of carbonyl (C=O) groups excluding carboxylic acids is 1. The lowest BCUT2D eigenvalue weighted by atomic mass is 9.71. The Kier molecular flexibility index (Phi) is 3.65. The fraction of sp³-hybridized carbons (Fsp3) is 0.450. The SMILES string of the molecule is C=CC[C@]12C=C(OC)[C@H](O)[C@H](C1=O)[C@H](c1ccc3c(c1)OCO3)[C@H]2C. The van der Waals surface area contributed by atoms with Crippen LogP contribution in [0.2, 0.25) is 0 Å². The minimum Gasteiger partial charge on any atom is -0.499 e. The van der Waals surface area contributed by atoms with Crippen molar-refractivity contribution in [3.63, 3.8) is 0 Å². The smallest absolute Gasteiger partial charge is 0.231 e. The molecule has 132 valence electrons. The maximum atomic E-state index is 13.2.